The summed E-state index contributed by atoms with van der Waals surface area (Å²) in [5, 5.41) is -0.184. The van der Waals surface area contributed by atoms with Crippen molar-refractivity contribution in [1.29, 1.82) is 0 Å². The lowest BCUT2D eigenvalue weighted by atomic mass is 9.91. The number of hydrogen-bond donors (Lipinski definition) is 0. The fourth-order valence-electron chi connectivity index (χ4n) is 4.54. The van der Waals surface area contributed by atoms with E-state index in [9.17, 15) is 49.1 Å². The number of esters is 2. The molecule has 0 aliphatic rings. The van der Waals surface area contributed by atoms with Crippen molar-refractivity contribution in [1.82, 2.24) is 0 Å². The molecule has 13 heteroatoms. The minimum atomic E-state index is -4.96. The van der Waals surface area contributed by atoms with Crippen LogP contribution in [0.4, 0.5) is 39.5 Å². The lowest BCUT2D eigenvalue weighted by Gasteiger charge is -2.18. The first kappa shape index (κ1) is 29.4. The van der Waals surface area contributed by atoms with Crippen molar-refractivity contribution in [2.45, 2.75) is 13.1 Å². The number of ether oxygens (including phenoxy) is 2. The van der Waals surface area contributed by atoms with Crippen molar-refractivity contribution in [2.75, 3.05) is 0 Å². The second-order valence-corrected chi connectivity index (χ2v) is 9.20. The van der Waals surface area contributed by atoms with Crippen LogP contribution in [0.2, 0.25) is 0 Å². The Morgan fingerprint density at radius 2 is 0.930 bits per heavy atom. The first-order valence-electron chi connectivity index (χ1n) is 12.0. The van der Waals surface area contributed by atoms with Crippen LogP contribution in [-0.2, 0) is 6.18 Å². The van der Waals surface area contributed by atoms with Gasteiger partial charge < -0.3 is 9.47 Å². The molecule has 0 heterocycles. The lowest BCUT2D eigenvalue weighted by Crippen LogP contribution is -2.12. The molecule has 0 atom stereocenters. The number of carbonyl (C=O) groups is 2. The number of rotatable bonds is 4. The number of hydrogen-bond acceptors (Lipinski definition) is 4. The van der Waals surface area contributed by atoms with Gasteiger partial charge in [0, 0.05) is 0 Å². The minimum Gasteiger partial charge on any atom is -0.423 e. The van der Waals surface area contributed by atoms with Crippen LogP contribution in [0.3, 0.4) is 0 Å². The number of carbonyl (C=O) groups excluding carboxylic acids is 2. The van der Waals surface area contributed by atoms with Gasteiger partial charge in [-0.3, -0.25) is 0 Å². The van der Waals surface area contributed by atoms with E-state index < -0.39 is 80.8 Å². The van der Waals surface area contributed by atoms with Crippen molar-refractivity contribution in [3.8, 4) is 11.5 Å². The van der Waals surface area contributed by atoms with Crippen LogP contribution in [0.5, 0.6) is 11.5 Å². The second-order valence-electron chi connectivity index (χ2n) is 9.20. The molecular formula is C30H13F9O4. The maximum atomic E-state index is 14.3. The van der Waals surface area contributed by atoms with Gasteiger partial charge in [0.2, 0.25) is 0 Å². The Morgan fingerprint density at radius 1 is 0.558 bits per heavy atom. The summed E-state index contributed by atoms with van der Waals surface area (Å²) in [6.07, 6.45) is -4.96. The summed E-state index contributed by atoms with van der Waals surface area (Å²) in [6.45, 7) is 1.13. The van der Waals surface area contributed by atoms with Crippen molar-refractivity contribution in [3.63, 3.8) is 0 Å². The zero-order valence-electron chi connectivity index (χ0n) is 21.3. The topological polar surface area (TPSA) is 52.6 Å². The molecular weight excluding hydrogens is 595 g/mol. The Kier molecular flexibility index (Phi) is 7.28. The highest BCUT2D eigenvalue weighted by Crippen LogP contribution is 2.43. The molecule has 0 spiro atoms. The Balaban J connectivity index is 1.56. The predicted octanol–water partition coefficient (Wildman–Crippen LogP) is 8.59. The van der Waals surface area contributed by atoms with Crippen molar-refractivity contribution < 1.29 is 58.6 Å². The van der Waals surface area contributed by atoms with Gasteiger partial charge in [0.05, 0.1) is 16.7 Å². The van der Waals surface area contributed by atoms with Crippen LogP contribution in [0, 0.1) is 41.8 Å². The molecule has 0 amide bonds. The SMILES string of the molecule is Cc1c(C(F)(F)F)c2cc(OC(=O)c3cc(F)c(F)c(F)c3)ccc2c2ccc(OC(=O)c3cc(F)c(F)c(F)c3)cc12. The van der Waals surface area contributed by atoms with Gasteiger partial charge >= 0.3 is 18.1 Å². The molecule has 0 aliphatic heterocycles. The quantitative estimate of drug-likeness (QED) is 0.0675. The fourth-order valence-corrected chi connectivity index (χ4v) is 4.54. The Morgan fingerprint density at radius 3 is 1.33 bits per heavy atom. The molecule has 0 saturated heterocycles. The number of alkyl halides is 3. The first-order valence-corrected chi connectivity index (χ1v) is 12.0. The van der Waals surface area contributed by atoms with E-state index in [1.54, 1.807) is 0 Å². The number of halogens is 9. The third-order valence-electron chi connectivity index (χ3n) is 6.46. The van der Waals surface area contributed by atoms with Crippen LogP contribution in [0.25, 0.3) is 21.5 Å². The zero-order valence-corrected chi connectivity index (χ0v) is 21.3. The summed E-state index contributed by atoms with van der Waals surface area (Å²) in [6, 6.07) is 8.35. The molecule has 0 aliphatic carbocycles. The Labute approximate surface area is 234 Å². The van der Waals surface area contributed by atoms with E-state index in [1.165, 1.54) is 18.2 Å². The molecule has 4 nitrogen and oxygen atoms in total. The molecule has 0 N–H and O–H groups in total. The van der Waals surface area contributed by atoms with Crippen LogP contribution in [-0.4, -0.2) is 11.9 Å². The van der Waals surface area contributed by atoms with E-state index >= 15 is 0 Å². The van der Waals surface area contributed by atoms with E-state index in [-0.39, 0.29) is 27.5 Å². The first-order chi connectivity index (χ1) is 20.1. The average molecular weight is 608 g/mol. The third-order valence-corrected chi connectivity index (χ3v) is 6.46. The molecule has 0 unspecified atom stereocenters. The smallest absolute Gasteiger partial charge is 0.417 e. The normalized spacial score (nSPS) is 11.7. The molecule has 0 aromatic heterocycles. The van der Waals surface area contributed by atoms with E-state index in [0.717, 1.165) is 25.1 Å². The lowest BCUT2D eigenvalue weighted by molar-refractivity contribution is -0.136. The van der Waals surface area contributed by atoms with E-state index in [0.29, 0.717) is 24.3 Å². The van der Waals surface area contributed by atoms with Gasteiger partial charge in [-0.1, -0.05) is 12.1 Å². The molecule has 5 aromatic rings. The van der Waals surface area contributed by atoms with Gasteiger partial charge in [0.1, 0.15) is 11.5 Å². The summed E-state index contributed by atoms with van der Waals surface area (Å²) >= 11 is 0. The number of aryl methyl sites for hydroxylation is 1. The molecule has 5 aromatic carbocycles. The largest absolute Gasteiger partial charge is 0.423 e. The molecule has 43 heavy (non-hydrogen) atoms. The van der Waals surface area contributed by atoms with Crippen molar-refractivity contribution in [3.05, 3.63) is 118 Å². The molecule has 0 fully saturated rings. The summed E-state index contributed by atoms with van der Waals surface area (Å²) in [5.41, 5.74) is -2.90. The highest BCUT2D eigenvalue weighted by molar-refractivity contribution is 6.12. The zero-order chi connectivity index (χ0) is 31.4. The number of benzene rings is 5. The summed E-state index contributed by atoms with van der Waals surface area (Å²) in [4.78, 5) is 24.8. The summed E-state index contributed by atoms with van der Waals surface area (Å²) in [7, 11) is 0. The van der Waals surface area contributed by atoms with Gasteiger partial charge in [0.15, 0.2) is 34.9 Å². The molecule has 220 valence electrons. The van der Waals surface area contributed by atoms with Gasteiger partial charge in [-0.25, -0.2) is 35.9 Å². The highest BCUT2D eigenvalue weighted by Gasteiger charge is 2.36. The van der Waals surface area contributed by atoms with Gasteiger partial charge in [0.25, 0.3) is 0 Å². The molecule has 5 rings (SSSR count). The average Bonchev–Trinajstić information content (AvgIpc) is 2.93. The Bertz CT molecular complexity index is 1940. The minimum absolute atomic E-state index is 0.0205. The third kappa shape index (κ3) is 5.45. The van der Waals surface area contributed by atoms with E-state index in [2.05, 4.69) is 0 Å². The predicted molar refractivity (Wildman–Crippen MR) is 134 cm³/mol. The molecule has 0 saturated carbocycles. The maximum absolute atomic E-state index is 14.3. The standard InChI is InChI=1S/C30H13F9O4/c1-12-19-10-15(42-28(40)13-6-21(31)26(35)22(32)7-13)2-4-17(19)18-5-3-16(11-20(18)25(12)30(37,38)39)43-29(41)14-8-23(33)27(36)24(34)9-14/h2-11H,1H3. The highest BCUT2D eigenvalue weighted by atomic mass is 19.4. The molecule has 0 bridgehead atoms. The number of fused-ring (bicyclic) bond motifs is 3. The summed E-state index contributed by atoms with van der Waals surface area (Å²) in [5.74, 6) is -13.7. The monoisotopic (exact) mass is 608 g/mol. The van der Waals surface area contributed by atoms with Gasteiger partial charge in [-0.05, 0) is 82.6 Å². The summed E-state index contributed by atoms with van der Waals surface area (Å²) < 4.78 is 134. The second kappa shape index (κ2) is 10.6. The Hall–Kier alpha value is -5.07. The van der Waals surface area contributed by atoms with Crippen molar-refractivity contribution >= 4 is 33.5 Å². The van der Waals surface area contributed by atoms with Crippen LogP contribution in [0.1, 0.15) is 31.8 Å². The van der Waals surface area contributed by atoms with Crippen LogP contribution >= 0.6 is 0 Å². The fraction of sp³-hybridized carbons (Fsp3) is 0.0667. The molecule has 0 radical (unpaired) electrons. The van der Waals surface area contributed by atoms with Gasteiger partial charge in [-0.2, -0.15) is 13.2 Å². The van der Waals surface area contributed by atoms with E-state index in [4.69, 9.17) is 9.47 Å². The van der Waals surface area contributed by atoms with Crippen LogP contribution < -0.4 is 9.47 Å². The van der Waals surface area contributed by atoms with Gasteiger partial charge in [-0.15, -0.1) is 0 Å². The van der Waals surface area contributed by atoms with Crippen molar-refractivity contribution in [2.24, 2.45) is 0 Å². The van der Waals surface area contributed by atoms with E-state index in [1.807, 2.05) is 0 Å². The van der Waals surface area contributed by atoms with Crippen LogP contribution in [0.15, 0.2) is 60.7 Å². The maximum Gasteiger partial charge on any atom is 0.417 e.